The van der Waals surface area contributed by atoms with Gasteiger partial charge in [0.2, 0.25) is 0 Å². The molecule has 0 N–H and O–H groups in total. The van der Waals surface area contributed by atoms with Crippen LogP contribution in [-0.2, 0) is 9.47 Å². The largest absolute Gasteiger partial charge is 0.379 e. The lowest BCUT2D eigenvalue weighted by molar-refractivity contribution is 0.0513. The molecule has 0 heterocycles. The Balaban J connectivity index is 3.14. The molecule has 0 aliphatic rings. The van der Waals surface area contributed by atoms with Crippen LogP contribution in [0.2, 0.25) is 0 Å². The van der Waals surface area contributed by atoms with E-state index < -0.39 is 0 Å². The molecule has 0 aromatic heterocycles. The molecule has 0 aromatic rings. The molecular weight excluding hydrogens is 188 g/mol. The first-order valence-corrected chi connectivity index (χ1v) is 4.55. The number of hydrogen-bond acceptors (Lipinski definition) is 6. The minimum atomic E-state index is 0.183. The third-order valence-corrected chi connectivity index (χ3v) is 1.46. The van der Waals surface area contributed by atoms with Crippen molar-refractivity contribution in [3.05, 3.63) is 9.81 Å². The third-order valence-electron chi connectivity index (χ3n) is 1.46. The molecule has 0 aliphatic carbocycles. The number of hydrogen-bond donors (Lipinski definition) is 0. The lowest BCUT2D eigenvalue weighted by Gasteiger charge is -2.10. The summed E-state index contributed by atoms with van der Waals surface area (Å²) in [4.78, 5) is 19.4. The number of nitroso groups, excluding NO2 is 2. The molecular formula is C8H16N2O4. The van der Waals surface area contributed by atoms with Gasteiger partial charge in [0.25, 0.3) is 0 Å². The van der Waals surface area contributed by atoms with Crippen molar-refractivity contribution in [3.63, 3.8) is 0 Å². The van der Waals surface area contributed by atoms with Crippen molar-refractivity contribution in [2.75, 3.05) is 39.5 Å². The van der Waals surface area contributed by atoms with Crippen molar-refractivity contribution in [2.45, 2.75) is 6.92 Å². The zero-order valence-corrected chi connectivity index (χ0v) is 8.35. The molecule has 0 unspecified atom stereocenters. The topological polar surface area (TPSA) is 77.3 Å². The highest BCUT2D eigenvalue weighted by atomic mass is 16.5. The smallest absolute Gasteiger partial charge is 0.104 e. The van der Waals surface area contributed by atoms with Gasteiger partial charge in [0.1, 0.15) is 13.1 Å². The number of rotatable bonds is 10. The average molecular weight is 204 g/mol. The van der Waals surface area contributed by atoms with Gasteiger partial charge in [-0.25, -0.2) is 0 Å². The molecule has 6 nitrogen and oxygen atoms in total. The summed E-state index contributed by atoms with van der Waals surface area (Å²) in [6.07, 6.45) is 0. The minimum Gasteiger partial charge on any atom is -0.379 e. The summed E-state index contributed by atoms with van der Waals surface area (Å²) in [5.74, 6) is 0.244. The zero-order valence-electron chi connectivity index (χ0n) is 8.35. The van der Waals surface area contributed by atoms with E-state index in [1.54, 1.807) is 0 Å². The maximum absolute atomic E-state index is 9.70. The van der Waals surface area contributed by atoms with Crippen LogP contribution in [0.3, 0.4) is 0 Å². The van der Waals surface area contributed by atoms with Gasteiger partial charge in [-0.1, -0.05) is 17.3 Å². The van der Waals surface area contributed by atoms with E-state index in [2.05, 4.69) is 10.4 Å². The van der Waals surface area contributed by atoms with E-state index >= 15 is 0 Å². The Morgan fingerprint density at radius 1 is 1.00 bits per heavy atom. The number of nitrogens with zero attached hydrogens (tertiary/aromatic N) is 2. The number of ether oxygens (including phenoxy) is 2. The molecule has 6 heteroatoms. The van der Waals surface area contributed by atoms with Gasteiger partial charge in [-0.3, -0.25) is 0 Å². The van der Waals surface area contributed by atoms with Crippen LogP contribution in [0.1, 0.15) is 6.92 Å². The van der Waals surface area contributed by atoms with E-state index in [4.69, 9.17) is 9.47 Å². The van der Waals surface area contributed by atoms with Crippen molar-refractivity contribution in [2.24, 2.45) is 16.3 Å². The lowest BCUT2D eigenvalue weighted by atomic mass is 10.2. The van der Waals surface area contributed by atoms with Crippen LogP contribution in [0.5, 0.6) is 0 Å². The Bertz CT molecular complexity index is 138. The second-order valence-electron chi connectivity index (χ2n) is 2.96. The fourth-order valence-electron chi connectivity index (χ4n) is 0.821. The van der Waals surface area contributed by atoms with Gasteiger partial charge in [-0.2, -0.15) is 9.81 Å². The zero-order chi connectivity index (χ0) is 10.6. The fraction of sp³-hybridized carbons (Fsp3) is 1.00. The highest BCUT2D eigenvalue weighted by molar-refractivity contribution is 4.50. The highest BCUT2D eigenvalue weighted by Gasteiger charge is 2.02. The molecule has 0 fully saturated rings. The summed E-state index contributed by atoms with van der Waals surface area (Å²) in [5.41, 5.74) is 0. The van der Waals surface area contributed by atoms with Gasteiger partial charge in [-0.15, -0.1) is 0 Å². The van der Waals surface area contributed by atoms with Crippen LogP contribution in [0.25, 0.3) is 0 Å². The Morgan fingerprint density at radius 2 is 1.43 bits per heavy atom. The van der Waals surface area contributed by atoms with Gasteiger partial charge < -0.3 is 9.47 Å². The van der Waals surface area contributed by atoms with Crippen molar-refractivity contribution in [1.82, 2.24) is 0 Å². The van der Waals surface area contributed by atoms with Crippen LogP contribution in [0.15, 0.2) is 10.4 Å². The fourth-order valence-corrected chi connectivity index (χ4v) is 0.821. The lowest BCUT2D eigenvalue weighted by Crippen LogP contribution is -2.15. The Hall–Kier alpha value is -0.880. The minimum absolute atomic E-state index is 0.183. The first-order chi connectivity index (χ1) is 6.81. The van der Waals surface area contributed by atoms with Crippen molar-refractivity contribution >= 4 is 0 Å². The molecule has 0 rings (SSSR count). The second-order valence-corrected chi connectivity index (χ2v) is 2.96. The van der Waals surface area contributed by atoms with Gasteiger partial charge >= 0.3 is 0 Å². The van der Waals surface area contributed by atoms with E-state index in [1.165, 1.54) is 0 Å². The molecule has 0 aromatic carbocycles. The highest BCUT2D eigenvalue weighted by Crippen LogP contribution is 1.96. The van der Waals surface area contributed by atoms with Crippen LogP contribution < -0.4 is 0 Å². The second kappa shape index (κ2) is 10.2. The van der Waals surface area contributed by atoms with Crippen molar-refractivity contribution in [3.8, 4) is 0 Å². The first kappa shape index (κ1) is 13.1. The molecule has 0 aliphatic heterocycles. The third kappa shape index (κ3) is 9.21. The maximum atomic E-state index is 9.70. The maximum Gasteiger partial charge on any atom is 0.104 e. The first-order valence-electron chi connectivity index (χ1n) is 4.55. The Labute approximate surface area is 82.9 Å². The molecule has 82 valence electrons. The van der Waals surface area contributed by atoms with Gasteiger partial charge in [0.15, 0.2) is 0 Å². The monoisotopic (exact) mass is 204 g/mol. The molecule has 0 amide bonds. The molecule has 0 radical (unpaired) electrons. The summed E-state index contributed by atoms with van der Waals surface area (Å²) >= 11 is 0. The predicted octanol–water partition coefficient (Wildman–Crippen LogP) is 1.19. The van der Waals surface area contributed by atoms with E-state index in [1.807, 2.05) is 6.92 Å². The molecule has 14 heavy (non-hydrogen) atoms. The summed E-state index contributed by atoms with van der Waals surface area (Å²) in [6.45, 7) is 4.09. The molecule has 0 atom stereocenters. The van der Waals surface area contributed by atoms with E-state index in [0.717, 1.165) is 0 Å². The van der Waals surface area contributed by atoms with Crippen LogP contribution in [-0.4, -0.2) is 39.5 Å². The molecule has 0 spiro atoms. The van der Waals surface area contributed by atoms with Crippen LogP contribution in [0, 0.1) is 15.7 Å². The normalized spacial score (nSPS) is 10.4. The summed E-state index contributed by atoms with van der Waals surface area (Å²) in [7, 11) is 0. The van der Waals surface area contributed by atoms with Gasteiger partial charge in [0.05, 0.1) is 26.4 Å². The van der Waals surface area contributed by atoms with E-state index in [-0.39, 0.29) is 19.0 Å². The van der Waals surface area contributed by atoms with Gasteiger partial charge in [-0.05, 0) is 0 Å². The van der Waals surface area contributed by atoms with Crippen molar-refractivity contribution in [1.29, 1.82) is 0 Å². The van der Waals surface area contributed by atoms with Crippen molar-refractivity contribution < 1.29 is 9.47 Å². The van der Waals surface area contributed by atoms with Gasteiger partial charge in [0, 0.05) is 5.92 Å². The Morgan fingerprint density at radius 3 is 1.79 bits per heavy atom. The summed E-state index contributed by atoms with van der Waals surface area (Å²) in [6, 6.07) is 0. The predicted molar refractivity (Wildman–Crippen MR) is 52.1 cm³/mol. The summed E-state index contributed by atoms with van der Waals surface area (Å²) < 4.78 is 10.3. The quantitative estimate of drug-likeness (QED) is 0.395. The molecule has 0 bridgehead atoms. The Kier molecular flexibility index (Phi) is 9.56. The SMILES string of the molecule is CC(COCCN=O)COCCN=O. The van der Waals surface area contributed by atoms with E-state index in [9.17, 15) is 9.81 Å². The van der Waals surface area contributed by atoms with Crippen LogP contribution in [0.4, 0.5) is 0 Å². The van der Waals surface area contributed by atoms with Crippen LogP contribution >= 0.6 is 0 Å². The molecule has 0 saturated carbocycles. The van der Waals surface area contributed by atoms with E-state index in [0.29, 0.717) is 26.4 Å². The average Bonchev–Trinajstić information content (AvgIpc) is 2.19. The molecule has 0 saturated heterocycles. The summed E-state index contributed by atoms with van der Waals surface area (Å²) in [5, 5.41) is 5.33. The standard InChI is InChI=1S/C8H16N2O4/c1-8(6-13-4-2-9-11)7-14-5-3-10-12/h8H,2-7H2,1H3.